The van der Waals surface area contributed by atoms with Gasteiger partial charge in [-0.15, -0.1) is 0 Å². The first-order chi connectivity index (χ1) is 22.2. The summed E-state index contributed by atoms with van der Waals surface area (Å²) in [5.74, 6) is 0.674. The third kappa shape index (κ3) is 4.92. The average Bonchev–Trinajstić information content (AvgIpc) is 3.47. The minimum atomic E-state index is 0.414. The molecule has 0 fully saturated rings. The second-order valence-corrected chi connectivity index (χ2v) is 11.2. The number of hydrogen-bond donors (Lipinski definition) is 1. The molecule has 1 heterocycles. The third-order valence-electron chi connectivity index (χ3n) is 8.32. The fourth-order valence-corrected chi connectivity index (χ4v) is 6.13. The standard InChI is InChI=1S/C41H30N2O2/c42-36-24-20-31-14-9-16-37(40(31)41(36)44-27-28-10-3-1-4-11-28)43(32-21-18-30(19-22-32)29-12-5-2-6-13-29)33-23-25-39-35(26-33)34-15-7-8-17-38(34)45-39/h1-26H,27,42H2. The molecular weight excluding hydrogens is 552 g/mol. The van der Waals surface area contributed by atoms with Gasteiger partial charge < -0.3 is 19.8 Å². The molecule has 1 aromatic heterocycles. The lowest BCUT2D eigenvalue weighted by atomic mass is 10.0. The first kappa shape index (κ1) is 26.6. The van der Waals surface area contributed by atoms with E-state index in [4.69, 9.17) is 14.9 Å². The molecule has 4 heteroatoms. The van der Waals surface area contributed by atoms with Gasteiger partial charge in [-0.3, -0.25) is 0 Å². The zero-order valence-electron chi connectivity index (χ0n) is 24.6. The van der Waals surface area contributed by atoms with Gasteiger partial charge in [0.1, 0.15) is 17.8 Å². The summed E-state index contributed by atoms with van der Waals surface area (Å²) in [6.45, 7) is 0.414. The number of nitrogens with zero attached hydrogens (tertiary/aromatic N) is 1. The van der Waals surface area contributed by atoms with Crippen LogP contribution in [0.3, 0.4) is 0 Å². The number of rotatable bonds is 7. The molecule has 0 unspecified atom stereocenters. The van der Waals surface area contributed by atoms with Crippen LogP contribution in [0.15, 0.2) is 162 Å². The van der Waals surface area contributed by atoms with Crippen LogP contribution in [0.5, 0.6) is 5.75 Å². The fourth-order valence-electron chi connectivity index (χ4n) is 6.13. The molecule has 0 amide bonds. The van der Waals surface area contributed by atoms with Crippen molar-refractivity contribution in [2.24, 2.45) is 0 Å². The van der Waals surface area contributed by atoms with E-state index in [1.54, 1.807) is 0 Å². The molecule has 0 aliphatic heterocycles. The average molecular weight is 583 g/mol. The van der Waals surface area contributed by atoms with Gasteiger partial charge in [0.15, 0.2) is 5.75 Å². The lowest BCUT2D eigenvalue weighted by Gasteiger charge is -2.28. The first-order valence-corrected chi connectivity index (χ1v) is 15.1. The van der Waals surface area contributed by atoms with Crippen molar-refractivity contribution in [2.45, 2.75) is 6.61 Å². The molecule has 4 nitrogen and oxygen atoms in total. The van der Waals surface area contributed by atoms with Gasteiger partial charge in [-0.2, -0.15) is 0 Å². The van der Waals surface area contributed by atoms with E-state index in [2.05, 4.69) is 114 Å². The third-order valence-corrected chi connectivity index (χ3v) is 8.32. The molecule has 0 spiro atoms. The lowest BCUT2D eigenvalue weighted by molar-refractivity contribution is 0.312. The number of furan rings is 1. The van der Waals surface area contributed by atoms with Crippen LogP contribution in [0, 0.1) is 0 Å². The van der Waals surface area contributed by atoms with E-state index in [9.17, 15) is 0 Å². The highest BCUT2D eigenvalue weighted by Crippen LogP contribution is 2.46. The van der Waals surface area contributed by atoms with E-state index in [1.165, 1.54) is 5.56 Å². The SMILES string of the molecule is Nc1ccc2cccc(N(c3ccc(-c4ccccc4)cc3)c3ccc4oc5ccccc5c4c3)c2c1OCc1ccccc1. The summed E-state index contributed by atoms with van der Waals surface area (Å²) >= 11 is 0. The van der Waals surface area contributed by atoms with Gasteiger partial charge in [-0.05, 0) is 70.6 Å². The van der Waals surface area contributed by atoms with Gasteiger partial charge in [-0.25, -0.2) is 0 Å². The van der Waals surface area contributed by atoms with Crippen molar-refractivity contribution in [3.8, 4) is 16.9 Å². The van der Waals surface area contributed by atoms with Crippen molar-refractivity contribution in [3.05, 3.63) is 163 Å². The number of ether oxygens (including phenoxy) is 1. The van der Waals surface area contributed by atoms with E-state index < -0.39 is 0 Å². The van der Waals surface area contributed by atoms with Gasteiger partial charge in [0, 0.05) is 22.1 Å². The quantitative estimate of drug-likeness (QED) is 0.190. The van der Waals surface area contributed by atoms with Crippen LogP contribution < -0.4 is 15.4 Å². The number of nitrogen functional groups attached to an aromatic ring is 1. The summed E-state index contributed by atoms with van der Waals surface area (Å²) in [7, 11) is 0. The monoisotopic (exact) mass is 582 g/mol. The summed E-state index contributed by atoms with van der Waals surface area (Å²) in [5.41, 5.74) is 15.4. The summed E-state index contributed by atoms with van der Waals surface area (Å²) in [6, 6.07) is 54.2. The Kier molecular flexibility index (Phi) is 6.65. The van der Waals surface area contributed by atoms with Gasteiger partial charge in [-0.1, -0.05) is 109 Å². The van der Waals surface area contributed by atoms with Crippen molar-refractivity contribution in [2.75, 3.05) is 10.6 Å². The van der Waals surface area contributed by atoms with Crippen LogP contribution in [0.1, 0.15) is 5.56 Å². The Hall–Kier alpha value is -6.00. The summed E-state index contributed by atoms with van der Waals surface area (Å²) in [4.78, 5) is 2.28. The van der Waals surface area contributed by atoms with Crippen molar-refractivity contribution in [1.82, 2.24) is 0 Å². The van der Waals surface area contributed by atoms with Crippen LogP contribution in [-0.2, 0) is 6.61 Å². The second kappa shape index (κ2) is 11.3. The smallest absolute Gasteiger partial charge is 0.152 e. The number of para-hydroxylation sites is 1. The Balaban J connectivity index is 1.33. The van der Waals surface area contributed by atoms with Crippen molar-refractivity contribution < 1.29 is 9.15 Å². The highest BCUT2D eigenvalue weighted by Gasteiger charge is 2.21. The maximum Gasteiger partial charge on any atom is 0.152 e. The normalized spacial score (nSPS) is 11.3. The zero-order chi connectivity index (χ0) is 30.2. The Morgan fingerprint density at radius 2 is 1.24 bits per heavy atom. The maximum absolute atomic E-state index is 6.65. The molecule has 0 bridgehead atoms. The number of hydrogen-bond acceptors (Lipinski definition) is 4. The molecule has 0 saturated carbocycles. The van der Waals surface area contributed by atoms with E-state index in [0.29, 0.717) is 18.0 Å². The van der Waals surface area contributed by atoms with Gasteiger partial charge >= 0.3 is 0 Å². The lowest BCUT2D eigenvalue weighted by Crippen LogP contribution is -2.11. The minimum absolute atomic E-state index is 0.414. The van der Waals surface area contributed by atoms with E-state index in [-0.39, 0.29) is 0 Å². The minimum Gasteiger partial charge on any atom is -0.486 e. The highest BCUT2D eigenvalue weighted by atomic mass is 16.5. The van der Waals surface area contributed by atoms with Crippen molar-refractivity contribution >= 4 is 55.5 Å². The topological polar surface area (TPSA) is 51.6 Å². The molecule has 7 aromatic carbocycles. The summed E-state index contributed by atoms with van der Waals surface area (Å²) < 4.78 is 12.7. The number of benzene rings is 7. The molecule has 8 aromatic rings. The molecule has 8 rings (SSSR count). The van der Waals surface area contributed by atoms with E-state index in [0.717, 1.165) is 60.9 Å². The van der Waals surface area contributed by atoms with Gasteiger partial charge in [0.25, 0.3) is 0 Å². The van der Waals surface area contributed by atoms with Crippen molar-refractivity contribution in [1.29, 1.82) is 0 Å². The summed E-state index contributed by atoms with van der Waals surface area (Å²) in [5, 5.41) is 4.15. The second-order valence-electron chi connectivity index (χ2n) is 11.2. The molecule has 0 saturated heterocycles. The number of fused-ring (bicyclic) bond motifs is 4. The van der Waals surface area contributed by atoms with Crippen molar-refractivity contribution in [3.63, 3.8) is 0 Å². The van der Waals surface area contributed by atoms with E-state index >= 15 is 0 Å². The zero-order valence-corrected chi connectivity index (χ0v) is 24.6. The molecule has 0 atom stereocenters. The molecule has 0 aliphatic rings. The van der Waals surface area contributed by atoms with Crippen LogP contribution in [0.25, 0.3) is 43.8 Å². The largest absolute Gasteiger partial charge is 0.486 e. The van der Waals surface area contributed by atoms with Gasteiger partial charge in [0.05, 0.1) is 16.8 Å². The molecule has 216 valence electrons. The number of nitrogens with two attached hydrogens (primary N) is 1. The predicted molar refractivity (Wildman–Crippen MR) is 187 cm³/mol. The highest BCUT2D eigenvalue weighted by molar-refractivity contribution is 6.09. The van der Waals surface area contributed by atoms with Gasteiger partial charge in [0.2, 0.25) is 0 Å². The first-order valence-electron chi connectivity index (χ1n) is 15.1. The number of anilines is 4. The van der Waals surface area contributed by atoms with Crippen LogP contribution in [-0.4, -0.2) is 0 Å². The molecule has 2 N–H and O–H groups in total. The fraction of sp³-hybridized carbons (Fsp3) is 0.0244. The van der Waals surface area contributed by atoms with Crippen LogP contribution in [0.4, 0.5) is 22.7 Å². The summed E-state index contributed by atoms with van der Waals surface area (Å²) in [6.07, 6.45) is 0. The Morgan fingerprint density at radius 3 is 2.07 bits per heavy atom. The molecule has 0 aliphatic carbocycles. The van der Waals surface area contributed by atoms with Crippen LogP contribution >= 0.6 is 0 Å². The molecular formula is C41H30N2O2. The maximum atomic E-state index is 6.65. The van der Waals surface area contributed by atoms with E-state index in [1.807, 2.05) is 48.5 Å². The molecule has 45 heavy (non-hydrogen) atoms. The Morgan fingerprint density at radius 1 is 0.556 bits per heavy atom. The van der Waals surface area contributed by atoms with Crippen LogP contribution in [0.2, 0.25) is 0 Å². The Labute approximate surface area is 261 Å². The molecule has 0 radical (unpaired) electrons. The Bertz CT molecular complexity index is 2270. The predicted octanol–water partition coefficient (Wildman–Crippen LogP) is 11.0.